The van der Waals surface area contributed by atoms with Crippen molar-refractivity contribution in [2.45, 2.75) is 52.4 Å². The molecule has 118 valence electrons. The molecule has 3 heteroatoms. The molecule has 2 unspecified atom stereocenters. The molecule has 0 heterocycles. The van der Waals surface area contributed by atoms with Gasteiger partial charge in [0.25, 0.3) is 0 Å². The Morgan fingerprint density at radius 3 is 2.76 bits per heavy atom. The molecule has 0 amide bonds. The molecule has 1 fully saturated rings. The molecule has 0 saturated heterocycles. The molecule has 0 spiro atoms. The first kappa shape index (κ1) is 16.4. The SMILES string of the molecule is CCCNCC1CCC(C)(C)CC1c1cc(F)ccc1F. The second-order valence-corrected chi connectivity index (χ2v) is 7.14. The lowest BCUT2D eigenvalue weighted by atomic mass is 9.65. The second kappa shape index (κ2) is 6.87. The molecule has 1 saturated carbocycles. The summed E-state index contributed by atoms with van der Waals surface area (Å²) in [5, 5.41) is 3.45. The molecule has 0 aromatic heterocycles. The minimum atomic E-state index is -0.338. The fraction of sp³-hybridized carbons (Fsp3) is 0.667. The van der Waals surface area contributed by atoms with E-state index in [2.05, 4.69) is 26.1 Å². The summed E-state index contributed by atoms with van der Waals surface area (Å²) in [6.45, 7) is 8.48. The number of hydrogen-bond donors (Lipinski definition) is 1. The van der Waals surface area contributed by atoms with Crippen LogP contribution in [0.5, 0.6) is 0 Å². The first-order chi connectivity index (χ1) is 9.93. The molecule has 0 bridgehead atoms. The van der Waals surface area contributed by atoms with Crippen LogP contribution in [0.3, 0.4) is 0 Å². The molecule has 1 nitrogen and oxygen atoms in total. The zero-order chi connectivity index (χ0) is 15.5. The number of benzene rings is 1. The van der Waals surface area contributed by atoms with Gasteiger partial charge in [0.1, 0.15) is 11.6 Å². The third-order valence-corrected chi connectivity index (χ3v) is 4.72. The summed E-state index contributed by atoms with van der Waals surface area (Å²) < 4.78 is 27.7. The smallest absolute Gasteiger partial charge is 0.126 e. The van der Waals surface area contributed by atoms with E-state index < -0.39 is 0 Å². The fourth-order valence-electron chi connectivity index (χ4n) is 3.51. The molecule has 21 heavy (non-hydrogen) atoms. The topological polar surface area (TPSA) is 12.0 Å². The van der Waals surface area contributed by atoms with Gasteiger partial charge >= 0.3 is 0 Å². The van der Waals surface area contributed by atoms with E-state index in [1.165, 1.54) is 18.2 Å². The number of hydrogen-bond acceptors (Lipinski definition) is 1. The Morgan fingerprint density at radius 1 is 1.29 bits per heavy atom. The summed E-state index contributed by atoms with van der Waals surface area (Å²) >= 11 is 0. The van der Waals surface area contributed by atoms with Crippen molar-refractivity contribution in [3.8, 4) is 0 Å². The van der Waals surface area contributed by atoms with Crippen molar-refractivity contribution in [3.05, 3.63) is 35.4 Å². The zero-order valence-corrected chi connectivity index (χ0v) is 13.4. The van der Waals surface area contributed by atoms with E-state index in [0.29, 0.717) is 11.5 Å². The van der Waals surface area contributed by atoms with Crippen LogP contribution in [-0.4, -0.2) is 13.1 Å². The third kappa shape index (κ3) is 4.26. The van der Waals surface area contributed by atoms with E-state index in [1.807, 2.05) is 0 Å². The quantitative estimate of drug-likeness (QED) is 0.764. The predicted octanol–water partition coefficient (Wildman–Crippen LogP) is 4.87. The van der Waals surface area contributed by atoms with Crippen molar-refractivity contribution in [2.24, 2.45) is 11.3 Å². The van der Waals surface area contributed by atoms with Gasteiger partial charge in [-0.25, -0.2) is 8.78 Å². The van der Waals surface area contributed by atoms with Crippen LogP contribution in [0.4, 0.5) is 8.78 Å². The highest BCUT2D eigenvalue weighted by Gasteiger charge is 2.36. The standard InChI is InChI=1S/C18H27F2N/c1-4-9-21-12-13-7-8-18(2,3)11-16(13)15-10-14(19)5-6-17(15)20/h5-6,10,13,16,21H,4,7-9,11-12H2,1-3H3. The lowest BCUT2D eigenvalue weighted by Crippen LogP contribution is -2.35. The van der Waals surface area contributed by atoms with Crippen LogP contribution >= 0.6 is 0 Å². The van der Waals surface area contributed by atoms with Gasteiger partial charge in [-0.1, -0.05) is 20.8 Å². The maximum atomic E-state index is 14.2. The normalized spacial score (nSPS) is 25.0. The highest BCUT2D eigenvalue weighted by atomic mass is 19.1. The van der Waals surface area contributed by atoms with Gasteiger partial charge in [0.15, 0.2) is 0 Å². The van der Waals surface area contributed by atoms with E-state index in [-0.39, 0.29) is 23.0 Å². The van der Waals surface area contributed by atoms with Crippen LogP contribution < -0.4 is 5.32 Å². The van der Waals surface area contributed by atoms with Crippen molar-refractivity contribution in [1.82, 2.24) is 5.32 Å². The fourth-order valence-corrected chi connectivity index (χ4v) is 3.51. The van der Waals surface area contributed by atoms with Crippen molar-refractivity contribution in [2.75, 3.05) is 13.1 Å². The Balaban J connectivity index is 2.22. The van der Waals surface area contributed by atoms with E-state index in [4.69, 9.17) is 0 Å². The van der Waals surface area contributed by atoms with Crippen LogP contribution in [0.2, 0.25) is 0 Å². The van der Waals surface area contributed by atoms with Crippen molar-refractivity contribution < 1.29 is 8.78 Å². The lowest BCUT2D eigenvalue weighted by Gasteiger charge is -2.41. The third-order valence-electron chi connectivity index (χ3n) is 4.72. The van der Waals surface area contributed by atoms with Crippen molar-refractivity contribution in [3.63, 3.8) is 0 Å². The van der Waals surface area contributed by atoms with Crippen molar-refractivity contribution >= 4 is 0 Å². The second-order valence-electron chi connectivity index (χ2n) is 7.14. The molecule has 2 atom stereocenters. The Kier molecular flexibility index (Phi) is 5.37. The molecule has 1 aliphatic rings. The monoisotopic (exact) mass is 295 g/mol. The van der Waals surface area contributed by atoms with Gasteiger partial charge in [0, 0.05) is 0 Å². The molecule has 0 aliphatic heterocycles. The molecule has 2 rings (SSSR count). The Hall–Kier alpha value is -0.960. The summed E-state index contributed by atoms with van der Waals surface area (Å²) in [6.07, 6.45) is 4.24. The van der Waals surface area contributed by atoms with Gasteiger partial charge in [0.05, 0.1) is 0 Å². The maximum Gasteiger partial charge on any atom is 0.126 e. The zero-order valence-electron chi connectivity index (χ0n) is 13.4. The van der Waals surface area contributed by atoms with Crippen LogP contribution in [0.15, 0.2) is 18.2 Å². The average Bonchev–Trinajstić information content (AvgIpc) is 2.43. The molecular formula is C18H27F2N. The van der Waals surface area contributed by atoms with Crippen LogP contribution in [-0.2, 0) is 0 Å². The van der Waals surface area contributed by atoms with Crippen LogP contribution in [0.25, 0.3) is 0 Å². The first-order valence-corrected chi connectivity index (χ1v) is 8.08. The van der Waals surface area contributed by atoms with Crippen molar-refractivity contribution in [1.29, 1.82) is 0 Å². The molecular weight excluding hydrogens is 268 g/mol. The summed E-state index contributed by atoms with van der Waals surface area (Å²) in [4.78, 5) is 0. The van der Waals surface area contributed by atoms with E-state index in [1.54, 1.807) is 0 Å². The van der Waals surface area contributed by atoms with Gasteiger partial charge in [-0.05, 0) is 79.8 Å². The lowest BCUT2D eigenvalue weighted by molar-refractivity contribution is 0.157. The van der Waals surface area contributed by atoms with E-state index in [9.17, 15) is 8.78 Å². The Bertz CT molecular complexity index is 470. The van der Waals surface area contributed by atoms with Gasteiger partial charge in [-0.3, -0.25) is 0 Å². The van der Waals surface area contributed by atoms with Gasteiger partial charge in [0.2, 0.25) is 0 Å². The first-order valence-electron chi connectivity index (χ1n) is 8.08. The predicted molar refractivity (Wildman–Crippen MR) is 83.4 cm³/mol. The van der Waals surface area contributed by atoms with Gasteiger partial charge in [-0.15, -0.1) is 0 Å². The molecule has 0 radical (unpaired) electrons. The van der Waals surface area contributed by atoms with E-state index >= 15 is 0 Å². The van der Waals surface area contributed by atoms with Gasteiger partial charge < -0.3 is 5.32 Å². The summed E-state index contributed by atoms with van der Waals surface area (Å²) in [6, 6.07) is 3.87. The largest absolute Gasteiger partial charge is 0.316 e. The Labute approximate surface area is 127 Å². The van der Waals surface area contributed by atoms with Gasteiger partial charge in [-0.2, -0.15) is 0 Å². The minimum Gasteiger partial charge on any atom is -0.316 e. The number of nitrogens with one attached hydrogen (secondary N) is 1. The van der Waals surface area contributed by atoms with E-state index in [0.717, 1.165) is 38.8 Å². The summed E-state index contributed by atoms with van der Waals surface area (Å²) in [5.74, 6) is -0.107. The molecule has 1 aromatic carbocycles. The van der Waals surface area contributed by atoms with Crippen LogP contribution in [0.1, 0.15) is 57.9 Å². The average molecular weight is 295 g/mol. The molecule has 1 aromatic rings. The minimum absolute atomic E-state index is 0.105. The molecule has 1 aliphatic carbocycles. The highest BCUT2D eigenvalue weighted by molar-refractivity contribution is 5.25. The highest BCUT2D eigenvalue weighted by Crippen LogP contribution is 2.47. The number of rotatable bonds is 5. The number of halogens is 2. The summed E-state index contributed by atoms with van der Waals surface area (Å²) in [7, 11) is 0. The molecule has 1 N–H and O–H groups in total. The maximum absolute atomic E-state index is 14.2. The van der Waals surface area contributed by atoms with Crippen LogP contribution in [0, 0.1) is 23.0 Å². The Morgan fingerprint density at radius 2 is 2.05 bits per heavy atom. The summed E-state index contributed by atoms with van der Waals surface area (Å²) in [5.41, 5.74) is 0.760.